The summed E-state index contributed by atoms with van der Waals surface area (Å²) in [4.78, 5) is 21.3. The van der Waals surface area contributed by atoms with Crippen LogP contribution in [0, 0.1) is 10.1 Å². The van der Waals surface area contributed by atoms with Crippen molar-refractivity contribution < 1.29 is 22.9 Å². The molecule has 122 valence electrons. The first-order chi connectivity index (χ1) is 10.1. The van der Waals surface area contributed by atoms with Crippen LogP contribution in [0.25, 0.3) is 0 Å². The second-order valence-electron chi connectivity index (χ2n) is 4.32. The summed E-state index contributed by atoms with van der Waals surface area (Å²) < 4.78 is 30.5. The molecule has 0 N–H and O–H groups in total. The van der Waals surface area contributed by atoms with E-state index in [2.05, 4.69) is 0 Å². The summed E-state index contributed by atoms with van der Waals surface area (Å²) in [6.07, 6.45) is 0. The SMILES string of the molecule is CCOC(=O)[C@H](C)N(C)S(=O)(=O)c1ccc(Cl)cc1[N+](=O)[O-]. The molecule has 0 fully saturated rings. The summed E-state index contributed by atoms with van der Waals surface area (Å²) in [6, 6.07) is 2.08. The maximum atomic E-state index is 12.5. The van der Waals surface area contributed by atoms with Gasteiger partial charge in [0.25, 0.3) is 5.69 Å². The maximum absolute atomic E-state index is 12.5. The number of ether oxygens (including phenoxy) is 1. The number of carbonyl (C=O) groups is 1. The van der Waals surface area contributed by atoms with Crippen LogP contribution in [0.15, 0.2) is 23.1 Å². The van der Waals surface area contributed by atoms with E-state index in [-0.39, 0.29) is 11.6 Å². The van der Waals surface area contributed by atoms with Gasteiger partial charge in [0.2, 0.25) is 10.0 Å². The van der Waals surface area contributed by atoms with E-state index < -0.39 is 37.5 Å². The maximum Gasteiger partial charge on any atom is 0.324 e. The third kappa shape index (κ3) is 3.73. The van der Waals surface area contributed by atoms with Gasteiger partial charge in [-0.2, -0.15) is 4.31 Å². The highest BCUT2D eigenvalue weighted by atomic mass is 35.5. The highest BCUT2D eigenvalue weighted by molar-refractivity contribution is 7.89. The Morgan fingerprint density at radius 3 is 2.59 bits per heavy atom. The van der Waals surface area contributed by atoms with Gasteiger partial charge in [-0.1, -0.05) is 11.6 Å². The smallest absolute Gasteiger partial charge is 0.324 e. The summed E-state index contributed by atoms with van der Waals surface area (Å²) in [7, 11) is -3.11. The van der Waals surface area contributed by atoms with E-state index in [0.29, 0.717) is 0 Å². The molecular weight excluding hydrogens is 336 g/mol. The van der Waals surface area contributed by atoms with Crippen molar-refractivity contribution in [3.05, 3.63) is 33.3 Å². The lowest BCUT2D eigenvalue weighted by atomic mass is 10.3. The third-order valence-electron chi connectivity index (χ3n) is 2.95. The quantitative estimate of drug-likeness (QED) is 0.440. The van der Waals surface area contributed by atoms with Crippen molar-refractivity contribution in [2.45, 2.75) is 24.8 Å². The molecule has 0 aromatic heterocycles. The van der Waals surface area contributed by atoms with Gasteiger partial charge in [-0.15, -0.1) is 0 Å². The number of halogens is 1. The average Bonchev–Trinajstić information content (AvgIpc) is 2.45. The Hall–Kier alpha value is -1.71. The largest absolute Gasteiger partial charge is 0.465 e. The fourth-order valence-corrected chi connectivity index (χ4v) is 3.24. The molecule has 0 amide bonds. The molecule has 0 unspecified atom stereocenters. The van der Waals surface area contributed by atoms with Crippen LogP contribution in [0.3, 0.4) is 0 Å². The molecular formula is C12H15ClN2O6S. The molecule has 0 heterocycles. The Kier molecular flexibility index (Phi) is 5.86. The van der Waals surface area contributed by atoms with Crippen LogP contribution in [-0.2, 0) is 19.6 Å². The second-order valence-corrected chi connectivity index (χ2v) is 6.72. The molecule has 22 heavy (non-hydrogen) atoms. The molecule has 0 bridgehead atoms. The zero-order valence-electron chi connectivity index (χ0n) is 12.1. The molecule has 1 aromatic carbocycles. The van der Waals surface area contributed by atoms with Crippen LogP contribution in [0.4, 0.5) is 5.69 Å². The van der Waals surface area contributed by atoms with Crippen molar-refractivity contribution in [2.24, 2.45) is 0 Å². The van der Waals surface area contributed by atoms with Gasteiger partial charge in [0.1, 0.15) is 6.04 Å². The molecule has 1 atom stereocenters. The number of esters is 1. The van der Waals surface area contributed by atoms with Crippen molar-refractivity contribution in [3.8, 4) is 0 Å². The molecule has 0 saturated heterocycles. The number of sulfonamides is 1. The van der Waals surface area contributed by atoms with Crippen molar-refractivity contribution in [3.63, 3.8) is 0 Å². The van der Waals surface area contributed by atoms with E-state index in [0.717, 1.165) is 23.5 Å². The van der Waals surface area contributed by atoms with Crippen LogP contribution in [0.5, 0.6) is 0 Å². The van der Waals surface area contributed by atoms with Crippen LogP contribution in [0.2, 0.25) is 5.02 Å². The molecule has 0 spiro atoms. The van der Waals surface area contributed by atoms with Gasteiger partial charge < -0.3 is 4.74 Å². The molecule has 8 nitrogen and oxygen atoms in total. The van der Waals surface area contributed by atoms with Gasteiger partial charge in [-0.25, -0.2) is 8.42 Å². The predicted molar refractivity (Wildman–Crippen MR) is 79.2 cm³/mol. The normalized spacial score (nSPS) is 13.0. The Labute approximate surface area is 132 Å². The number of rotatable bonds is 6. The lowest BCUT2D eigenvalue weighted by Gasteiger charge is -2.22. The van der Waals surface area contributed by atoms with Gasteiger partial charge in [0, 0.05) is 18.1 Å². The number of likely N-dealkylation sites (N-methyl/N-ethyl adjacent to an activating group) is 1. The highest BCUT2D eigenvalue weighted by Gasteiger charge is 2.35. The molecule has 0 aliphatic rings. The Balaban J connectivity index is 3.30. The fraction of sp³-hybridized carbons (Fsp3) is 0.417. The van der Waals surface area contributed by atoms with Crippen molar-refractivity contribution >= 4 is 33.3 Å². The molecule has 0 aliphatic carbocycles. The van der Waals surface area contributed by atoms with Crippen LogP contribution < -0.4 is 0 Å². The number of nitro benzene ring substituents is 1. The Morgan fingerprint density at radius 1 is 1.50 bits per heavy atom. The lowest BCUT2D eigenvalue weighted by molar-refractivity contribution is -0.387. The minimum Gasteiger partial charge on any atom is -0.465 e. The third-order valence-corrected chi connectivity index (χ3v) is 5.16. The molecule has 0 saturated carbocycles. The van der Waals surface area contributed by atoms with E-state index in [1.54, 1.807) is 6.92 Å². The minimum atomic E-state index is -4.26. The summed E-state index contributed by atoms with van der Waals surface area (Å²) in [5.74, 6) is -0.745. The monoisotopic (exact) mass is 350 g/mol. The van der Waals surface area contributed by atoms with E-state index in [9.17, 15) is 23.3 Å². The van der Waals surface area contributed by atoms with Crippen molar-refractivity contribution in [2.75, 3.05) is 13.7 Å². The number of nitro groups is 1. The number of hydrogen-bond donors (Lipinski definition) is 0. The van der Waals surface area contributed by atoms with Gasteiger partial charge >= 0.3 is 5.97 Å². The Morgan fingerprint density at radius 2 is 2.09 bits per heavy atom. The first-order valence-electron chi connectivity index (χ1n) is 6.21. The van der Waals surface area contributed by atoms with Crippen LogP contribution >= 0.6 is 11.6 Å². The number of carbonyl (C=O) groups excluding carboxylic acids is 1. The average molecular weight is 351 g/mol. The summed E-state index contributed by atoms with van der Waals surface area (Å²) in [5.41, 5.74) is -0.657. The predicted octanol–water partition coefficient (Wildman–Crippen LogP) is 1.82. The number of hydrogen-bond acceptors (Lipinski definition) is 6. The van der Waals surface area contributed by atoms with Gasteiger partial charge in [-0.05, 0) is 26.0 Å². The minimum absolute atomic E-state index is 0.0340. The zero-order valence-corrected chi connectivity index (χ0v) is 13.7. The molecule has 1 rings (SSSR count). The zero-order chi connectivity index (χ0) is 17.1. The van der Waals surface area contributed by atoms with Gasteiger partial charge in [0.05, 0.1) is 11.5 Å². The molecule has 0 aliphatic heterocycles. The molecule has 10 heteroatoms. The topological polar surface area (TPSA) is 107 Å². The highest BCUT2D eigenvalue weighted by Crippen LogP contribution is 2.29. The summed E-state index contributed by atoms with van der Waals surface area (Å²) in [5, 5.41) is 11.1. The fourth-order valence-electron chi connectivity index (χ4n) is 1.63. The first kappa shape index (κ1) is 18.3. The van der Waals surface area contributed by atoms with E-state index in [1.165, 1.54) is 13.0 Å². The van der Waals surface area contributed by atoms with Crippen LogP contribution in [0.1, 0.15) is 13.8 Å². The number of benzene rings is 1. The molecule has 1 aromatic rings. The van der Waals surface area contributed by atoms with Gasteiger partial charge in [0.15, 0.2) is 4.90 Å². The van der Waals surface area contributed by atoms with Crippen molar-refractivity contribution in [1.29, 1.82) is 0 Å². The van der Waals surface area contributed by atoms with Crippen LogP contribution in [-0.4, -0.2) is 43.3 Å². The van der Waals surface area contributed by atoms with E-state index >= 15 is 0 Å². The number of nitrogens with zero attached hydrogens (tertiary/aromatic N) is 2. The Bertz CT molecular complexity index is 691. The van der Waals surface area contributed by atoms with E-state index in [1.807, 2.05) is 0 Å². The summed E-state index contributed by atoms with van der Waals surface area (Å²) in [6.45, 7) is 3.01. The standard InChI is InChI=1S/C12H15ClN2O6S/c1-4-21-12(16)8(2)14(3)22(19,20)11-6-5-9(13)7-10(11)15(17)18/h5-8H,4H2,1-3H3/t8-/m0/s1. The molecule has 0 radical (unpaired) electrons. The van der Waals surface area contributed by atoms with Gasteiger partial charge in [-0.3, -0.25) is 14.9 Å². The lowest BCUT2D eigenvalue weighted by Crippen LogP contribution is -2.41. The van der Waals surface area contributed by atoms with Crippen molar-refractivity contribution in [1.82, 2.24) is 4.31 Å². The van der Waals surface area contributed by atoms with E-state index in [4.69, 9.17) is 16.3 Å². The first-order valence-corrected chi connectivity index (χ1v) is 8.03. The second kappa shape index (κ2) is 7.03. The summed E-state index contributed by atoms with van der Waals surface area (Å²) >= 11 is 5.66.